The molecule has 10 nitrogen and oxygen atoms in total. The number of hydrogen-bond acceptors (Lipinski definition) is 7. The van der Waals surface area contributed by atoms with Crippen LogP contribution in [0.4, 0.5) is 0 Å². The molecule has 0 bridgehead atoms. The number of carbonyl (C=O) groups is 2. The first-order valence-electron chi connectivity index (χ1n) is 9.08. The number of rotatable bonds is 4. The van der Waals surface area contributed by atoms with Gasteiger partial charge < -0.3 is 14.5 Å². The lowest BCUT2D eigenvalue weighted by atomic mass is 9.97. The van der Waals surface area contributed by atoms with E-state index >= 15 is 0 Å². The van der Waals surface area contributed by atoms with Gasteiger partial charge in [0.2, 0.25) is 0 Å². The number of aromatic carboxylic acids is 1. The van der Waals surface area contributed by atoms with E-state index in [4.69, 9.17) is 9.63 Å². The molecule has 1 saturated heterocycles. The van der Waals surface area contributed by atoms with E-state index in [1.165, 1.54) is 10.9 Å². The summed E-state index contributed by atoms with van der Waals surface area (Å²) in [5.41, 5.74) is 2.18. The van der Waals surface area contributed by atoms with Crippen molar-refractivity contribution < 1.29 is 19.2 Å². The number of piperidine rings is 1. The summed E-state index contributed by atoms with van der Waals surface area (Å²) in [5.74, 6) is -1.01. The molecule has 1 aliphatic rings. The Balaban J connectivity index is 1.54. The molecule has 0 aliphatic carbocycles. The maximum Gasteiger partial charge on any atom is 0.358 e. The maximum atomic E-state index is 13.2. The number of fused-ring (bicyclic) bond motifs is 1. The summed E-state index contributed by atoms with van der Waals surface area (Å²) in [4.78, 5) is 30.3. The van der Waals surface area contributed by atoms with Crippen LogP contribution in [0.25, 0.3) is 11.1 Å². The van der Waals surface area contributed by atoms with Gasteiger partial charge >= 0.3 is 5.97 Å². The van der Waals surface area contributed by atoms with Crippen LogP contribution in [0.5, 0.6) is 0 Å². The van der Waals surface area contributed by atoms with Crippen molar-refractivity contribution in [1.82, 2.24) is 30.0 Å². The van der Waals surface area contributed by atoms with Crippen LogP contribution in [-0.4, -0.2) is 60.1 Å². The molecular weight excluding hydrogens is 364 g/mol. The molecule has 3 aromatic heterocycles. The molecule has 1 N–H and O–H groups in total. The third-order valence-corrected chi connectivity index (χ3v) is 4.98. The number of carboxylic acids is 1. The smallest absolute Gasteiger partial charge is 0.358 e. The number of amides is 1. The Labute approximate surface area is 160 Å². The van der Waals surface area contributed by atoms with Gasteiger partial charge in [-0.1, -0.05) is 10.4 Å². The second-order valence-electron chi connectivity index (χ2n) is 7.15. The Hall–Kier alpha value is -3.30. The second-order valence-corrected chi connectivity index (χ2v) is 7.15. The lowest BCUT2D eigenvalue weighted by molar-refractivity contribution is 0.0660. The summed E-state index contributed by atoms with van der Waals surface area (Å²) in [6.07, 6.45) is 3.22. The predicted molar refractivity (Wildman–Crippen MR) is 96.9 cm³/mol. The van der Waals surface area contributed by atoms with E-state index in [1.807, 2.05) is 11.8 Å². The summed E-state index contributed by atoms with van der Waals surface area (Å²) in [5, 5.41) is 21.1. The van der Waals surface area contributed by atoms with E-state index in [0.717, 1.165) is 12.8 Å². The van der Waals surface area contributed by atoms with E-state index in [-0.39, 0.29) is 17.5 Å². The maximum absolute atomic E-state index is 13.2. The molecule has 4 rings (SSSR count). The van der Waals surface area contributed by atoms with Crippen LogP contribution in [0, 0.1) is 19.8 Å². The molecule has 3 aromatic rings. The highest BCUT2D eigenvalue weighted by Gasteiger charge is 2.28. The van der Waals surface area contributed by atoms with E-state index in [0.29, 0.717) is 47.7 Å². The molecule has 4 heterocycles. The zero-order chi connectivity index (χ0) is 19.8. The van der Waals surface area contributed by atoms with Crippen LogP contribution in [0.1, 0.15) is 45.1 Å². The Morgan fingerprint density at radius 3 is 2.93 bits per heavy atom. The predicted octanol–water partition coefficient (Wildman–Crippen LogP) is 1.68. The van der Waals surface area contributed by atoms with Gasteiger partial charge in [0.25, 0.3) is 11.6 Å². The third-order valence-electron chi connectivity index (χ3n) is 4.98. The van der Waals surface area contributed by atoms with Crippen LogP contribution in [-0.2, 0) is 6.54 Å². The SMILES string of the molecule is Cc1cc(C(=O)N2CCCC(Cn3cc(C(=O)O)nn3)C2)c2c(C)noc2n1. The summed E-state index contributed by atoms with van der Waals surface area (Å²) < 4.78 is 6.76. The molecular formula is C18H20N6O4. The monoisotopic (exact) mass is 384 g/mol. The van der Waals surface area contributed by atoms with Crippen LogP contribution >= 0.6 is 0 Å². The normalized spacial score (nSPS) is 17.2. The molecule has 1 unspecified atom stereocenters. The third kappa shape index (κ3) is 3.32. The van der Waals surface area contributed by atoms with Crippen molar-refractivity contribution in [3.8, 4) is 0 Å². The van der Waals surface area contributed by atoms with Crippen molar-refractivity contribution in [3.63, 3.8) is 0 Å². The highest BCUT2D eigenvalue weighted by Crippen LogP contribution is 2.26. The van der Waals surface area contributed by atoms with E-state index < -0.39 is 5.97 Å². The first kappa shape index (κ1) is 18.1. The molecule has 0 aromatic carbocycles. The van der Waals surface area contributed by atoms with Gasteiger partial charge in [0.1, 0.15) is 0 Å². The minimum Gasteiger partial charge on any atom is -0.476 e. The molecule has 0 radical (unpaired) electrons. The standard InChI is InChI=1S/C18H20N6O4/c1-10-6-13(15-11(2)21-28-16(15)19-10)17(25)23-5-3-4-12(7-23)8-24-9-14(18(26)27)20-22-24/h6,9,12H,3-5,7-8H2,1-2H3,(H,26,27). The summed E-state index contributed by atoms with van der Waals surface area (Å²) in [6.45, 7) is 5.36. The van der Waals surface area contributed by atoms with E-state index in [1.54, 1.807) is 13.0 Å². The van der Waals surface area contributed by atoms with Crippen molar-refractivity contribution in [2.45, 2.75) is 33.2 Å². The molecule has 10 heteroatoms. The van der Waals surface area contributed by atoms with Gasteiger partial charge in [0, 0.05) is 25.3 Å². The van der Waals surface area contributed by atoms with Crippen LogP contribution in [0.15, 0.2) is 16.8 Å². The van der Waals surface area contributed by atoms with Crippen LogP contribution < -0.4 is 0 Å². The number of hydrogen-bond donors (Lipinski definition) is 1. The largest absolute Gasteiger partial charge is 0.476 e. The number of aromatic nitrogens is 5. The molecule has 28 heavy (non-hydrogen) atoms. The number of pyridine rings is 1. The first-order valence-corrected chi connectivity index (χ1v) is 9.08. The number of carbonyl (C=O) groups excluding carboxylic acids is 1. The minimum absolute atomic E-state index is 0.0729. The van der Waals surface area contributed by atoms with Gasteiger partial charge in [0.15, 0.2) is 5.69 Å². The Bertz CT molecular complexity index is 1060. The molecule has 0 saturated carbocycles. The number of likely N-dealkylation sites (tertiary alicyclic amines) is 1. The summed E-state index contributed by atoms with van der Waals surface area (Å²) in [6, 6.07) is 1.77. The average Bonchev–Trinajstić information content (AvgIpc) is 3.28. The molecule has 0 spiro atoms. The highest BCUT2D eigenvalue weighted by molar-refractivity contribution is 6.06. The highest BCUT2D eigenvalue weighted by atomic mass is 16.5. The molecule has 1 amide bonds. The van der Waals surface area contributed by atoms with Crippen molar-refractivity contribution in [2.24, 2.45) is 5.92 Å². The fourth-order valence-corrected chi connectivity index (χ4v) is 3.71. The molecule has 146 valence electrons. The van der Waals surface area contributed by atoms with Crippen molar-refractivity contribution in [1.29, 1.82) is 0 Å². The number of carboxylic acid groups (broad SMARTS) is 1. The van der Waals surface area contributed by atoms with Crippen molar-refractivity contribution in [2.75, 3.05) is 13.1 Å². The van der Waals surface area contributed by atoms with Gasteiger partial charge in [-0.05, 0) is 38.7 Å². The van der Waals surface area contributed by atoms with Gasteiger partial charge in [-0.25, -0.2) is 9.78 Å². The molecule has 1 fully saturated rings. The Kier molecular flexibility index (Phi) is 4.54. The minimum atomic E-state index is -1.10. The van der Waals surface area contributed by atoms with Crippen molar-refractivity contribution in [3.05, 3.63) is 34.9 Å². The van der Waals surface area contributed by atoms with Crippen molar-refractivity contribution >= 4 is 23.0 Å². The number of aryl methyl sites for hydroxylation is 2. The van der Waals surface area contributed by atoms with E-state index in [2.05, 4.69) is 20.5 Å². The zero-order valence-corrected chi connectivity index (χ0v) is 15.6. The molecule has 1 atom stereocenters. The van der Waals surface area contributed by atoms with Crippen LogP contribution in [0.3, 0.4) is 0 Å². The lowest BCUT2D eigenvalue weighted by Crippen LogP contribution is -2.41. The summed E-state index contributed by atoms with van der Waals surface area (Å²) >= 11 is 0. The van der Waals surface area contributed by atoms with E-state index in [9.17, 15) is 9.59 Å². The lowest BCUT2D eigenvalue weighted by Gasteiger charge is -2.32. The Morgan fingerprint density at radius 1 is 1.36 bits per heavy atom. The van der Waals surface area contributed by atoms with Gasteiger partial charge in [-0.2, -0.15) is 0 Å². The second kappa shape index (κ2) is 7.02. The summed E-state index contributed by atoms with van der Waals surface area (Å²) in [7, 11) is 0. The topological polar surface area (TPSA) is 127 Å². The molecule has 1 aliphatic heterocycles. The first-order chi connectivity index (χ1) is 13.4. The van der Waals surface area contributed by atoms with Gasteiger partial charge in [0.05, 0.1) is 22.8 Å². The van der Waals surface area contributed by atoms with Gasteiger partial charge in [-0.15, -0.1) is 5.10 Å². The quantitative estimate of drug-likeness (QED) is 0.720. The zero-order valence-electron chi connectivity index (χ0n) is 15.6. The number of nitrogens with zero attached hydrogens (tertiary/aromatic N) is 6. The fourth-order valence-electron chi connectivity index (χ4n) is 3.71. The average molecular weight is 384 g/mol. The fraction of sp³-hybridized carbons (Fsp3) is 0.444. The van der Waals surface area contributed by atoms with Gasteiger partial charge in [-0.3, -0.25) is 9.48 Å². The Morgan fingerprint density at radius 2 is 2.18 bits per heavy atom. The van der Waals surface area contributed by atoms with Crippen LogP contribution in [0.2, 0.25) is 0 Å².